The molecule has 0 aromatic heterocycles. The quantitative estimate of drug-likeness (QED) is 0.667. The summed E-state index contributed by atoms with van der Waals surface area (Å²) >= 11 is 0. The Balaban J connectivity index is 2.32. The van der Waals surface area contributed by atoms with Crippen LogP contribution in [0.5, 0.6) is 0 Å². The van der Waals surface area contributed by atoms with E-state index in [1.807, 2.05) is 6.07 Å². The van der Waals surface area contributed by atoms with Gasteiger partial charge in [-0.1, -0.05) is 18.2 Å². The minimum atomic E-state index is 0.153. The molecular weight excluding hydrogens is 162 g/mol. The Morgan fingerprint density at radius 1 is 1.15 bits per heavy atom. The van der Waals surface area contributed by atoms with Gasteiger partial charge in [-0.05, 0) is 42.6 Å². The third-order valence-electron chi connectivity index (χ3n) is 2.60. The highest BCUT2D eigenvalue weighted by Crippen LogP contribution is 2.15. The van der Waals surface area contributed by atoms with Crippen molar-refractivity contribution in [1.29, 1.82) is 0 Å². The Bertz CT molecular complexity index is 296. The molecule has 0 saturated carbocycles. The lowest BCUT2D eigenvalue weighted by Crippen LogP contribution is -2.16. The predicted octanol–water partition coefficient (Wildman–Crippen LogP) is 0.867. The molecule has 13 heavy (non-hydrogen) atoms. The van der Waals surface area contributed by atoms with E-state index in [1.54, 1.807) is 0 Å². The third kappa shape index (κ3) is 1.90. The minimum Gasteiger partial charge on any atom is -0.392 e. The summed E-state index contributed by atoms with van der Waals surface area (Å²) in [6.07, 6.45) is 2.20. The molecule has 1 aromatic carbocycles. The largest absolute Gasteiger partial charge is 0.392 e. The highest BCUT2D eigenvalue weighted by molar-refractivity contribution is 5.33. The zero-order chi connectivity index (χ0) is 9.10. The predicted molar refractivity (Wildman–Crippen MR) is 52.6 cm³/mol. The van der Waals surface area contributed by atoms with Crippen molar-refractivity contribution >= 4 is 0 Å². The molecule has 1 aliphatic heterocycles. The highest BCUT2D eigenvalue weighted by Gasteiger charge is 2.06. The van der Waals surface area contributed by atoms with Crippen molar-refractivity contribution < 1.29 is 5.11 Å². The summed E-state index contributed by atoms with van der Waals surface area (Å²) in [5.74, 6) is 0. The van der Waals surface area contributed by atoms with Crippen LogP contribution in [-0.2, 0) is 19.4 Å². The van der Waals surface area contributed by atoms with Gasteiger partial charge in [-0.2, -0.15) is 0 Å². The van der Waals surface area contributed by atoms with Crippen LogP contribution in [0, 0.1) is 0 Å². The van der Waals surface area contributed by atoms with E-state index in [4.69, 9.17) is 5.11 Å². The second-order valence-corrected chi connectivity index (χ2v) is 3.51. The van der Waals surface area contributed by atoms with Gasteiger partial charge in [0.15, 0.2) is 0 Å². The Hall–Kier alpha value is -0.860. The summed E-state index contributed by atoms with van der Waals surface area (Å²) in [4.78, 5) is 0. The smallest absolute Gasteiger partial charge is 0.0681 e. The fraction of sp³-hybridized carbons (Fsp3) is 0.455. The lowest BCUT2D eigenvalue weighted by molar-refractivity contribution is 0.281. The van der Waals surface area contributed by atoms with Crippen LogP contribution in [0.3, 0.4) is 0 Å². The second kappa shape index (κ2) is 3.90. The van der Waals surface area contributed by atoms with Crippen LogP contribution < -0.4 is 5.32 Å². The first kappa shape index (κ1) is 8.73. The van der Waals surface area contributed by atoms with Crippen LogP contribution in [-0.4, -0.2) is 18.2 Å². The molecule has 0 fully saturated rings. The van der Waals surface area contributed by atoms with Gasteiger partial charge < -0.3 is 10.4 Å². The van der Waals surface area contributed by atoms with E-state index in [-0.39, 0.29) is 6.61 Å². The lowest BCUT2D eigenvalue weighted by Gasteiger charge is -2.06. The number of benzene rings is 1. The summed E-state index contributed by atoms with van der Waals surface area (Å²) in [5, 5.41) is 12.4. The van der Waals surface area contributed by atoms with Crippen molar-refractivity contribution in [1.82, 2.24) is 5.32 Å². The maximum atomic E-state index is 8.99. The standard InChI is InChI=1S/C11H15NO/c13-8-9-1-2-10-3-5-12-6-4-11(10)7-9/h1-2,7,12-13H,3-6,8H2. The molecule has 1 aromatic rings. The average molecular weight is 177 g/mol. The number of hydrogen-bond acceptors (Lipinski definition) is 2. The molecule has 0 bridgehead atoms. The zero-order valence-electron chi connectivity index (χ0n) is 7.71. The van der Waals surface area contributed by atoms with Gasteiger partial charge in [-0.25, -0.2) is 0 Å². The normalized spacial score (nSPS) is 16.4. The Morgan fingerprint density at radius 2 is 1.92 bits per heavy atom. The van der Waals surface area contributed by atoms with Gasteiger partial charge in [0.25, 0.3) is 0 Å². The van der Waals surface area contributed by atoms with E-state index in [2.05, 4.69) is 17.4 Å². The number of aliphatic hydroxyl groups is 1. The van der Waals surface area contributed by atoms with E-state index in [9.17, 15) is 0 Å². The van der Waals surface area contributed by atoms with Crippen LogP contribution >= 0.6 is 0 Å². The molecule has 70 valence electrons. The molecule has 1 aliphatic rings. The number of aliphatic hydroxyl groups excluding tert-OH is 1. The molecule has 0 atom stereocenters. The molecular formula is C11H15NO. The lowest BCUT2D eigenvalue weighted by atomic mass is 10.0. The third-order valence-corrected chi connectivity index (χ3v) is 2.60. The summed E-state index contributed by atoms with van der Waals surface area (Å²) in [6, 6.07) is 6.29. The van der Waals surface area contributed by atoms with Crippen LogP contribution in [0.4, 0.5) is 0 Å². The Kier molecular flexibility index (Phi) is 2.62. The van der Waals surface area contributed by atoms with Crippen LogP contribution in [0.15, 0.2) is 18.2 Å². The van der Waals surface area contributed by atoms with E-state index >= 15 is 0 Å². The SMILES string of the molecule is OCc1ccc2c(c1)CCNCC2. The van der Waals surface area contributed by atoms with Gasteiger partial charge in [-0.3, -0.25) is 0 Å². The second-order valence-electron chi connectivity index (χ2n) is 3.51. The van der Waals surface area contributed by atoms with E-state index in [0.717, 1.165) is 31.5 Å². The molecule has 2 rings (SSSR count). The van der Waals surface area contributed by atoms with Gasteiger partial charge >= 0.3 is 0 Å². The van der Waals surface area contributed by atoms with Crippen LogP contribution in [0.2, 0.25) is 0 Å². The molecule has 0 radical (unpaired) electrons. The number of hydrogen-bond donors (Lipinski definition) is 2. The van der Waals surface area contributed by atoms with E-state index in [1.165, 1.54) is 11.1 Å². The first-order valence-electron chi connectivity index (χ1n) is 4.82. The van der Waals surface area contributed by atoms with Gasteiger partial charge in [0.2, 0.25) is 0 Å². The minimum absolute atomic E-state index is 0.153. The molecule has 2 nitrogen and oxygen atoms in total. The molecule has 0 unspecified atom stereocenters. The average Bonchev–Trinajstić information content (AvgIpc) is 2.41. The van der Waals surface area contributed by atoms with Crippen molar-refractivity contribution in [3.05, 3.63) is 34.9 Å². The van der Waals surface area contributed by atoms with Gasteiger partial charge in [0.05, 0.1) is 6.61 Å². The Labute approximate surface area is 78.6 Å². The first-order valence-corrected chi connectivity index (χ1v) is 4.82. The molecule has 0 spiro atoms. The molecule has 1 heterocycles. The Morgan fingerprint density at radius 3 is 2.69 bits per heavy atom. The van der Waals surface area contributed by atoms with Crippen molar-refractivity contribution in [3.8, 4) is 0 Å². The first-order chi connectivity index (χ1) is 6.40. The van der Waals surface area contributed by atoms with Gasteiger partial charge in [0.1, 0.15) is 0 Å². The molecule has 2 heteroatoms. The van der Waals surface area contributed by atoms with Crippen molar-refractivity contribution in [2.75, 3.05) is 13.1 Å². The van der Waals surface area contributed by atoms with Crippen LogP contribution in [0.25, 0.3) is 0 Å². The van der Waals surface area contributed by atoms with E-state index < -0.39 is 0 Å². The summed E-state index contributed by atoms with van der Waals surface area (Å²) < 4.78 is 0. The number of fused-ring (bicyclic) bond motifs is 1. The monoisotopic (exact) mass is 177 g/mol. The van der Waals surface area contributed by atoms with Gasteiger partial charge in [-0.15, -0.1) is 0 Å². The fourth-order valence-electron chi connectivity index (χ4n) is 1.83. The van der Waals surface area contributed by atoms with Crippen molar-refractivity contribution in [3.63, 3.8) is 0 Å². The van der Waals surface area contributed by atoms with Crippen LogP contribution in [0.1, 0.15) is 16.7 Å². The molecule has 2 N–H and O–H groups in total. The maximum Gasteiger partial charge on any atom is 0.0681 e. The summed E-state index contributed by atoms with van der Waals surface area (Å²) in [6.45, 7) is 2.29. The summed E-state index contributed by atoms with van der Waals surface area (Å²) in [7, 11) is 0. The zero-order valence-corrected chi connectivity index (χ0v) is 7.71. The number of rotatable bonds is 1. The van der Waals surface area contributed by atoms with Gasteiger partial charge in [0, 0.05) is 0 Å². The highest BCUT2D eigenvalue weighted by atomic mass is 16.3. The van der Waals surface area contributed by atoms with E-state index in [0.29, 0.717) is 0 Å². The topological polar surface area (TPSA) is 32.3 Å². The molecule has 0 saturated heterocycles. The molecule has 0 amide bonds. The van der Waals surface area contributed by atoms with Crippen molar-refractivity contribution in [2.24, 2.45) is 0 Å². The maximum absolute atomic E-state index is 8.99. The molecule has 0 aliphatic carbocycles. The van der Waals surface area contributed by atoms with Crippen molar-refractivity contribution in [2.45, 2.75) is 19.4 Å². The summed E-state index contributed by atoms with van der Waals surface area (Å²) in [5.41, 5.74) is 3.86. The number of nitrogens with one attached hydrogen (secondary N) is 1. The fourth-order valence-corrected chi connectivity index (χ4v) is 1.83.